The molecule has 2 rings (SSSR count). The molecule has 7 heteroatoms. The highest BCUT2D eigenvalue weighted by Crippen LogP contribution is 2.13. The zero-order chi connectivity index (χ0) is 14.5. The average Bonchev–Trinajstić information content (AvgIpc) is 2.94. The standard InChI is InChI=1S/C13H15ClN2O4/c14-11-4-3-8(7-15-11)6-9(13(18)19)16-12(17)10-2-1-5-20-10/h3-4,7,9-10H,1-2,5-6H2,(H,16,17)(H,18,19)/t9-,10-/m0/s1. The van der Waals surface area contributed by atoms with E-state index in [1.165, 1.54) is 6.20 Å². The van der Waals surface area contributed by atoms with Gasteiger partial charge in [-0.1, -0.05) is 17.7 Å². The monoisotopic (exact) mass is 298 g/mol. The third-order valence-electron chi connectivity index (χ3n) is 3.07. The summed E-state index contributed by atoms with van der Waals surface area (Å²) in [5.74, 6) is -1.47. The number of rotatable bonds is 5. The van der Waals surface area contributed by atoms with Crippen molar-refractivity contribution < 1.29 is 19.4 Å². The Labute approximate surface area is 121 Å². The molecule has 1 saturated heterocycles. The molecule has 6 nitrogen and oxygen atoms in total. The zero-order valence-electron chi connectivity index (χ0n) is 10.7. The number of carboxylic acid groups (broad SMARTS) is 1. The third-order valence-corrected chi connectivity index (χ3v) is 3.29. The number of aliphatic carboxylic acids is 1. The van der Waals surface area contributed by atoms with Crippen molar-refractivity contribution in [2.45, 2.75) is 31.4 Å². The van der Waals surface area contributed by atoms with Gasteiger partial charge in [-0.05, 0) is 24.5 Å². The number of hydrogen-bond donors (Lipinski definition) is 2. The maximum Gasteiger partial charge on any atom is 0.326 e. The SMILES string of the molecule is O=C(O)[C@H](Cc1ccc(Cl)nc1)NC(=O)[C@@H]1CCCO1. The number of halogens is 1. The van der Waals surface area contributed by atoms with Crippen molar-refractivity contribution in [1.29, 1.82) is 0 Å². The highest BCUT2D eigenvalue weighted by Gasteiger charge is 2.28. The summed E-state index contributed by atoms with van der Waals surface area (Å²) >= 11 is 5.67. The smallest absolute Gasteiger partial charge is 0.326 e. The second kappa shape index (κ2) is 6.67. The topological polar surface area (TPSA) is 88.5 Å². The number of aromatic nitrogens is 1. The fourth-order valence-electron chi connectivity index (χ4n) is 2.01. The molecule has 1 aromatic heterocycles. The van der Waals surface area contributed by atoms with Crippen LogP contribution >= 0.6 is 11.6 Å². The van der Waals surface area contributed by atoms with Crippen molar-refractivity contribution in [3.8, 4) is 0 Å². The maximum atomic E-state index is 11.9. The van der Waals surface area contributed by atoms with Gasteiger partial charge in [0.05, 0.1) is 0 Å². The Morgan fingerprint density at radius 1 is 1.55 bits per heavy atom. The van der Waals surface area contributed by atoms with E-state index in [9.17, 15) is 14.7 Å². The minimum absolute atomic E-state index is 0.151. The Morgan fingerprint density at radius 2 is 2.35 bits per heavy atom. The quantitative estimate of drug-likeness (QED) is 0.793. The van der Waals surface area contributed by atoms with Gasteiger partial charge in [-0.25, -0.2) is 9.78 Å². The number of ether oxygens (including phenoxy) is 1. The minimum Gasteiger partial charge on any atom is -0.480 e. The van der Waals surface area contributed by atoms with Crippen LogP contribution in [-0.4, -0.2) is 40.7 Å². The molecule has 2 N–H and O–H groups in total. The molecule has 0 radical (unpaired) electrons. The second-order valence-corrected chi connectivity index (χ2v) is 4.98. The predicted octanol–water partition coefficient (Wildman–Crippen LogP) is 1.03. The van der Waals surface area contributed by atoms with E-state index in [4.69, 9.17) is 16.3 Å². The van der Waals surface area contributed by atoms with Gasteiger partial charge in [0.15, 0.2) is 0 Å². The lowest BCUT2D eigenvalue weighted by Crippen LogP contribution is -2.46. The molecule has 0 aromatic carbocycles. The summed E-state index contributed by atoms with van der Waals surface area (Å²) in [4.78, 5) is 27.0. The van der Waals surface area contributed by atoms with Gasteiger partial charge >= 0.3 is 5.97 Å². The van der Waals surface area contributed by atoms with Crippen LogP contribution in [0.3, 0.4) is 0 Å². The Bertz CT molecular complexity index is 486. The lowest BCUT2D eigenvalue weighted by atomic mass is 10.1. The summed E-state index contributed by atoms with van der Waals surface area (Å²) in [6.07, 6.45) is 2.55. The van der Waals surface area contributed by atoms with Crippen LogP contribution in [0.1, 0.15) is 18.4 Å². The van der Waals surface area contributed by atoms with Crippen LogP contribution < -0.4 is 5.32 Å². The first-order chi connectivity index (χ1) is 9.56. The number of hydrogen-bond acceptors (Lipinski definition) is 4. The number of nitrogens with one attached hydrogen (secondary N) is 1. The van der Waals surface area contributed by atoms with E-state index >= 15 is 0 Å². The van der Waals surface area contributed by atoms with Crippen molar-refractivity contribution in [3.63, 3.8) is 0 Å². The third kappa shape index (κ3) is 3.91. The van der Waals surface area contributed by atoms with Crippen molar-refractivity contribution in [1.82, 2.24) is 10.3 Å². The van der Waals surface area contributed by atoms with Gasteiger partial charge in [-0.3, -0.25) is 4.79 Å². The largest absolute Gasteiger partial charge is 0.480 e. The van der Waals surface area contributed by atoms with Gasteiger partial charge in [-0.2, -0.15) is 0 Å². The summed E-state index contributed by atoms with van der Waals surface area (Å²) in [6.45, 7) is 0.539. The van der Waals surface area contributed by atoms with Crippen LogP contribution in [0.25, 0.3) is 0 Å². The highest BCUT2D eigenvalue weighted by molar-refractivity contribution is 6.29. The van der Waals surface area contributed by atoms with Gasteiger partial charge < -0.3 is 15.2 Å². The first-order valence-corrected chi connectivity index (χ1v) is 6.69. The van der Waals surface area contributed by atoms with E-state index in [0.717, 1.165) is 6.42 Å². The average molecular weight is 299 g/mol. The molecule has 108 valence electrons. The predicted molar refractivity (Wildman–Crippen MR) is 71.5 cm³/mol. The molecule has 0 unspecified atom stereocenters. The number of carbonyl (C=O) groups excluding carboxylic acids is 1. The number of carboxylic acids is 1. The van der Waals surface area contributed by atoms with Crippen molar-refractivity contribution in [2.75, 3.05) is 6.61 Å². The van der Waals surface area contributed by atoms with Gasteiger partial charge in [0, 0.05) is 19.2 Å². The van der Waals surface area contributed by atoms with Crippen molar-refractivity contribution in [3.05, 3.63) is 29.0 Å². The summed E-state index contributed by atoms with van der Waals surface area (Å²) in [5.41, 5.74) is 0.689. The van der Waals surface area contributed by atoms with Crippen LogP contribution in [0.2, 0.25) is 5.15 Å². The van der Waals surface area contributed by atoms with E-state index in [1.807, 2.05) is 0 Å². The van der Waals surface area contributed by atoms with Gasteiger partial charge in [0.2, 0.25) is 5.91 Å². The van der Waals surface area contributed by atoms with Crippen LogP contribution in [0.5, 0.6) is 0 Å². The van der Waals surface area contributed by atoms with E-state index in [2.05, 4.69) is 10.3 Å². The van der Waals surface area contributed by atoms with E-state index in [-0.39, 0.29) is 12.3 Å². The fourth-order valence-corrected chi connectivity index (χ4v) is 2.12. The number of carbonyl (C=O) groups is 2. The highest BCUT2D eigenvalue weighted by atomic mass is 35.5. The molecule has 1 aromatic rings. The lowest BCUT2D eigenvalue weighted by molar-refractivity contribution is -0.143. The van der Waals surface area contributed by atoms with Crippen LogP contribution in [-0.2, 0) is 20.7 Å². The number of pyridine rings is 1. The molecule has 20 heavy (non-hydrogen) atoms. The van der Waals surface area contributed by atoms with Gasteiger partial charge in [0.1, 0.15) is 17.3 Å². The summed E-state index contributed by atoms with van der Waals surface area (Å²) in [6, 6.07) is 2.26. The maximum absolute atomic E-state index is 11.9. The fraction of sp³-hybridized carbons (Fsp3) is 0.462. The van der Waals surface area contributed by atoms with Crippen LogP contribution in [0.15, 0.2) is 18.3 Å². The van der Waals surface area contributed by atoms with Crippen molar-refractivity contribution >= 4 is 23.5 Å². The molecule has 0 bridgehead atoms. The Balaban J connectivity index is 1.98. The Hall–Kier alpha value is -1.66. The molecule has 0 aliphatic carbocycles. The molecule has 1 aliphatic rings. The zero-order valence-corrected chi connectivity index (χ0v) is 11.5. The molecular weight excluding hydrogens is 284 g/mol. The molecule has 0 saturated carbocycles. The molecule has 1 aliphatic heterocycles. The Morgan fingerprint density at radius 3 is 2.90 bits per heavy atom. The summed E-state index contributed by atoms with van der Waals surface area (Å²) in [7, 11) is 0. The summed E-state index contributed by atoms with van der Waals surface area (Å²) in [5, 5.41) is 12.0. The van der Waals surface area contributed by atoms with E-state index < -0.39 is 18.1 Å². The molecule has 1 fully saturated rings. The molecular formula is C13H15ClN2O4. The van der Waals surface area contributed by atoms with Gasteiger partial charge in [-0.15, -0.1) is 0 Å². The molecule has 0 spiro atoms. The first-order valence-electron chi connectivity index (χ1n) is 6.31. The van der Waals surface area contributed by atoms with E-state index in [1.54, 1.807) is 12.1 Å². The van der Waals surface area contributed by atoms with Gasteiger partial charge in [0.25, 0.3) is 0 Å². The molecule has 1 amide bonds. The Kier molecular flexibility index (Phi) is 4.92. The van der Waals surface area contributed by atoms with E-state index in [0.29, 0.717) is 23.7 Å². The van der Waals surface area contributed by atoms with Crippen LogP contribution in [0.4, 0.5) is 0 Å². The molecule has 2 heterocycles. The minimum atomic E-state index is -1.09. The lowest BCUT2D eigenvalue weighted by Gasteiger charge is -2.17. The first kappa shape index (κ1) is 14.7. The normalized spacial score (nSPS) is 19.6. The number of nitrogens with zero attached hydrogens (tertiary/aromatic N) is 1. The summed E-state index contributed by atoms with van der Waals surface area (Å²) < 4.78 is 5.23. The van der Waals surface area contributed by atoms with Crippen molar-refractivity contribution in [2.24, 2.45) is 0 Å². The number of amides is 1. The second-order valence-electron chi connectivity index (χ2n) is 4.59. The molecule has 2 atom stereocenters. The van der Waals surface area contributed by atoms with Crippen LogP contribution in [0, 0.1) is 0 Å².